The van der Waals surface area contributed by atoms with E-state index in [9.17, 15) is 0 Å². The zero-order chi connectivity index (χ0) is 14.8. The summed E-state index contributed by atoms with van der Waals surface area (Å²) in [4.78, 5) is 11.3. The second-order valence-electron chi connectivity index (χ2n) is 6.38. The molecule has 1 aromatic heterocycles. The van der Waals surface area contributed by atoms with Crippen LogP contribution in [0.2, 0.25) is 0 Å². The number of fused-ring (bicyclic) bond motifs is 1. The maximum atomic E-state index is 4.48. The maximum absolute atomic E-state index is 4.48. The normalized spacial score (nSPS) is 17.5. The maximum Gasteiger partial charge on any atom is 0.137 e. The van der Waals surface area contributed by atoms with Crippen molar-refractivity contribution in [2.75, 3.05) is 25.5 Å². The fraction of sp³-hybridized carbons (Fsp3) is 0.529. The van der Waals surface area contributed by atoms with E-state index in [1.807, 2.05) is 0 Å². The molecular formula is C17H24N4. The molecule has 1 N–H and O–H groups in total. The predicted molar refractivity (Wildman–Crippen MR) is 87.8 cm³/mol. The molecule has 0 amide bonds. The lowest BCUT2D eigenvalue weighted by Crippen LogP contribution is -2.36. The first-order chi connectivity index (χ1) is 10.1. The number of aromatic nitrogens is 2. The van der Waals surface area contributed by atoms with E-state index in [1.54, 1.807) is 6.33 Å². The average molecular weight is 284 g/mol. The van der Waals surface area contributed by atoms with E-state index in [1.165, 1.54) is 18.4 Å². The highest BCUT2D eigenvalue weighted by atomic mass is 15.1. The molecule has 1 aromatic carbocycles. The molecule has 2 heterocycles. The monoisotopic (exact) mass is 284 g/mol. The van der Waals surface area contributed by atoms with Gasteiger partial charge < -0.3 is 10.2 Å². The van der Waals surface area contributed by atoms with Gasteiger partial charge in [0.2, 0.25) is 0 Å². The summed E-state index contributed by atoms with van der Waals surface area (Å²) in [6, 6.07) is 7.02. The van der Waals surface area contributed by atoms with Crippen molar-refractivity contribution in [2.24, 2.45) is 0 Å². The van der Waals surface area contributed by atoms with Crippen molar-refractivity contribution >= 4 is 16.7 Å². The molecule has 1 aliphatic heterocycles. The van der Waals surface area contributed by atoms with E-state index in [4.69, 9.17) is 0 Å². The highest BCUT2D eigenvalue weighted by Crippen LogP contribution is 2.26. The van der Waals surface area contributed by atoms with E-state index in [0.29, 0.717) is 12.0 Å². The predicted octanol–water partition coefficient (Wildman–Crippen LogP) is 3.26. The molecule has 0 saturated carbocycles. The van der Waals surface area contributed by atoms with Crippen molar-refractivity contribution in [3.63, 3.8) is 0 Å². The number of hydrogen-bond donors (Lipinski definition) is 1. The Labute approximate surface area is 126 Å². The van der Waals surface area contributed by atoms with Crippen molar-refractivity contribution in [3.8, 4) is 0 Å². The number of benzene rings is 1. The number of hydrogen-bond acceptors (Lipinski definition) is 4. The average Bonchev–Trinajstić information content (AvgIpc) is 2.49. The molecule has 0 unspecified atom stereocenters. The first-order valence-electron chi connectivity index (χ1n) is 7.83. The molecule has 0 atom stereocenters. The van der Waals surface area contributed by atoms with Gasteiger partial charge in [0, 0.05) is 11.4 Å². The van der Waals surface area contributed by atoms with Crippen LogP contribution in [0, 0.1) is 0 Å². The summed E-state index contributed by atoms with van der Waals surface area (Å²) in [6.07, 6.45) is 4.01. The number of nitrogens with one attached hydrogen (secondary N) is 1. The Morgan fingerprint density at radius 3 is 2.67 bits per heavy atom. The van der Waals surface area contributed by atoms with Crippen LogP contribution in [-0.4, -0.2) is 41.0 Å². The van der Waals surface area contributed by atoms with Crippen LogP contribution in [0.25, 0.3) is 10.9 Å². The van der Waals surface area contributed by atoms with Gasteiger partial charge >= 0.3 is 0 Å². The molecule has 0 spiro atoms. The van der Waals surface area contributed by atoms with Gasteiger partial charge in [-0.25, -0.2) is 9.97 Å². The van der Waals surface area contributed by atoms with Gasteiger partial charge in [0.1, 0.15) is 12.1 Å². The Morgan fingerprint density at radius 1 is 1.19 bits per heavy atom. The van der Waals surface area contributed by atoms with Crippen LogP contribution in [0.4, 0.5) is 5.82 Å². The Hall–Kier alpha value is -1.68. The number of anilines is 1. The van der Waals surface area contributed by atoms with Gasteiger partial charge in [-0.3, -0.25) is 0 Å². The fourth-order valence-corrected chi connectivity index (χ4v) is 2.89. The van der Waals surface area contributed by atoms with E-state index >= 15 is 0 Å². The minimum atomic E-state index is 0.516. The molecule has 2 aromatic rings. The Morgan fingerprint density at radius 2 is 1.95 bits per heavy atom. The van der Waals surface area contributed by atoms with Crippen LogP contribution in [0.3, 0.4) is 0 Å². The standard InChI is InChI=1S/C17H24N4/c1-12(2)13-4-5-16-15(10-13)17(19-11-18-16)20-14-6-8-21(3)9-7-14/h4-5,10-12,14H,6-9H2,1-3H3,(H,18,19,20). The summed E-state index contributed by atoms with van der Waals surface area (Å²) in [5.74, 6) is 1.50. The third-order valence-electron chi connectivity index (χ3n) is 4.39. The number of rotatable bonds is 3. The molecule has 0 aliphatic carbocycles. The van der Waals surface area contributed by atoms with Gasteiger partial charge in [-0.2, -0.15) is 0 Å². The van der Waals surface area contributed by atoms with Crippen molar-refractivity contribution in [1.82, 2.24) is 14.9 Å². The van der Waals surface area contributed by atoms with Gasteiger partial charge in [-0.1, -0.05) is 19.9 Å². The summed E-state index contributed by atoms with van der Waals surface area (Å²) in [6.45, 7) is 6.74. The molecule has 0 radical (unpaired) electrons. The third kappa shape index (κ3) is 3.16. The molecule has 1 fully saturated rings. The number of likely N-dealkylation sites (tertiary alicyclic amines) is 1. The molecule has 0 bridgehead atoms. The summed E-state index contributed by atoms with van der Waals surface area (Å²) >= 11 is 0. The summed E-state index contributed by atoms with van der Waals surface area (Å²) in [7, 11) is 2.19. The first kappa shape index (κ1) is 14.3. The lowest BCUT2D eigenvalue weighted by atomic mass is 10.0. The molecule has 4 nitrogen and oxygen atoms in total. The highest BCUT2D eigenvalue weighted by Gasteiger charge is 2.17. The van der Waals surface area contributed by atoms with Gasteiger partial charge in [0.25, 0.3) is 0 Å². The number of piperidine rings is 1. The summed E-state index contributed by atoms with van der Waals surface area (Å²) in [5.41, 5.74) is 2.36. The van der Waals surface area contributed by atoms with Crippen molar-refractivity contribution in [1.29, 1.82) is 0 Å². The molecule has 112 valence electrons. The van der Waals surface area contributed by atoms with Crippen LogP contribution >= 0.6 is 0 Å². The topological polar surface area (TPSA) is 41.1 Å². The highest BCUT2D eigenvalue weighted by molar-refractivity contribution is 5.89. The Balaban J connectivity index is 1.88. The summed E-state index contributed by atoms with van der Waals surface area (Å²) in [5, 5.41) is 4.77. The SMILES string of the molecule is CC(C)c1ccc2ncnc(NC3CCN(C)CC3)c2c1. The largest absolute Gasteiger partial charge is 0.367 e. The van der Waals surface area contributed by atoms with Gasteiger partial charge in [-0.15, -0.1) is 0 Å². The van der Waals surface area contributed by atoms with Crippen molar-refractivity contribution in [2.45, 2.75) is 38.6 Å². The molecular weight excluding hydrogens is 260 g/mol. The smallest absolute Gasteiger partial charge is 0.137 e. The zero-order valence-corrected chi connectivity index (χ0v) is 13.1. The van der Waals surface area contributed by atoms with Crippen LogP contribution < -0.4 is 5.32 Å². The second kappa shape index (κ2) is 5.98. The van der Waals surface area contributed by atoms with Crippen molar-refractivity contribution in [3.05, 3.63) is 30.1 Å². The van der Waals surface area contributed by atoms with E-state index in [2.05, 4.69) is 59.3 Å². The quantitative estimate of drug-likeness (QED) is 0.939. The van der Waals surface area contributed by atoms with Gasteiger partial charge in [0.05, 0.1) is 5.52 Å². The number of nitrogens with zero attached hydrogens (tertiary/aromatic N) is 3. The summed E-state index contributed by atoms with van der Waals surface area (Å²) < 4.78 is 0. The van der Waals surface area contributed by atoms with Crippen LogP contribution in [0.5, 0.6) is 0 Å². The Bertz CT molecular complexity index is 615. The molecule has 3 rings (SSSR count). The van der Waals surface area contributed by atoms with Crippen molar-refractivity contribution < 1.29 is 0 Å². The minimum Gasteiger partial charge on any atom is -0.367 e. The van der Waals surface area contributed by atoms with Gasteiger partial charge in [0.15, 0.2) is 0 Å². The van der Waals surface area contributed by atoms with E-state index < -0.39 is 0 Å². The van der Waals surface area contributed by atoms with E-state index in [-0.39, 0.29) is 0 Å². The second-order valence-corrected chi connectivity index (χ2v) is 6.38. The molecule has 4 heteroatoms. The first-order valence-corrected chi connectivity index (χ1v) is 7.83. The fourth-order valence-electron chi connectivity index (χ4n) is 2.89. The van der Waals surface area contributed by atoms with Crippen LogP contribution in [0.15, 0.2) is 24.5 Å². The molecule has 1 aliphatic rings. The van der Waals surface area contributed by atoms with Gasteiger partial charge in [-0.05, 0) is 56.6 Å². The lowest BCUT2D eigenvalue weighted by Gasteiger charge is -2.30. The van der Waals surface area contributed by atoms with Crippen LogP contribution in [-0.2, 0) is 0 Å². The lowest BCUT2D eigenvalue weighted by molar-refractivity contribution is 0.264. The zero-order valence-electron chi connectivity index (χ0n) is 13.1. The molecule has 21 heavy (non-hydrogen) atoms. The minimum absolute atomic E-state index is 0.516. The Kier molecular flexibility index (Phi) is 4.06. The van der Waals surface area contributed by atoms with Crippen LogP contribution in [0.1, 0.15) is 38.2 Å². The molecule has 1 saturated heterocycles. The third-order valence-corrected chi connectivity index (χ3v) is 4.39. The van der Waals surface area contributed by atoms with E-state index in [0.717, 1.165) is 29.8 Å².